The molecule has 0 radical (unpaired) electrons. The zero-order valence-corrected chi connectivity index (χ0v) is 17.3. The van der Waals surface area contributed by atoms with Crippen LogP contribution in [0.25, 0.3) is 22.4 Å². The van der Waals surface area contributed by atoms with Gasteiger partial charge in [0.25, 0.3) is 0 Å². The van der Waals surface area contributed by atoms with Crippen molar-refractivity contribution in [3.8, 4) is 17.1 Å². The maximum Gasteiger partial charge on any atom is 0.449 e. The predicted octanol–water partition coefficient (Wildman–Crippen LogP) is 3.04. The number of halogens is 4. The van der Waals surface area contributed by atoms with Crippen LogP contribution in [-0.4, -0.2) is 51.6 Å². The minimum Gasteiger partial charge on any atom is -0.507 e. The largest absolute Gasteiger partial charge is 0.507 e. The predicted molar refractivity (Wildman–Crippen MR) is 110 cm³/mol. The van der Waals surface area contributed by atoms with E-state index in [4.69, 9.17) is 4.42 Å². The monoisotopic (exact) mass is 465 g/mol. The summed E-state index contributed by atoms with van der Waals surface area (Å²) in [5.74, 6) is -1.65. The number of hydrogen-bond donors (Lipinski definition) is 2. The molecule has 2 N–H and O–H groups in total. The van der Waals surface area contributed by atoms with Crippen molar-refractivity contribution in [1.29, 1.82) is 0 Å². The Kier molecular flexibility index (Phi) is 5.00. The van der Waals surface area contributed by atoms with Crippen LogP contribution in [-0.2, 0) is 6.18 Å². The lowest BCUT2D eigenvalue weighted by molar-refractivity contribution is -0.152. The number of nitrogens with one attached hydrogen (secondary N) is 1. The minimum absolute atomic E-state index is 0.0602. The van der Waals surface area contributed by atoms with E-state index in [1.165, 1.54) is 6.20 Å². The van der Waals surface area contributed by atoms with Crippen LogP contribution >= 0.6 is 0 Å². The highest BCUT2D eigenvalue weighted by atomic mass is 19.4. The van der Waals surface area contributed by atoms with Crippen molar-refractivity contribution in [3.63, 3.8) is 0 Å². The molecule has 2 unspecified atom stereocenters. The van der Waals surface area contributed by atoms with Crippen LogP contribution in [0.15, 0.2) is 33.6 Å². The number of phenolic OH excluding ortho intramolecular Hbond substituents is 1. The Morgan fingerprint density at radius 2 is 2.00 bits per heavy atom. The van der Waals surface area contributed by atoms with Crippen molar-refractivity contribution in [2.45, 2.75) is 49.7 Å². The van der Waals surface area contributed by atoms with Crippen LogP contribution in [0.4, 0.5) is 23.4 Å². The van der Waals surface area contributed by atoms with Gasteiger partial charge in [0.1, 0.15) is 17.5 Å². The fourth-order valence-electron chi connectivity index (χ4n) is 4.58. The third-order valence-electron chi connectivity index (χ3n) is 6.33. The summed E-state index contributed by atoms with van der Waals surface area (Å²) < 4.78 is 58.7. The second kappa shape index (κ2) is 7.65. The number of aromatic hydroxyl groups is 1. The molecule has 12 heteroatoms. The van der Waals surface area contributed by atoms with Crippen LogP contribution in [0.1, 0.15) is 25.0 Å². The first-order chi connectivity index (χ1) is 15.6. The maximum atomic E-state index is 14.8. The molecule has 0 spiro atoms. The normalized spacial score (nSPS) is 24.9. The number of nitrogens with zero attached hydrogens (tertiary/aromatic N) is 4. The van der Waals surface area contributed by atoms with E-state index in [9.17, 15) is 27.5 Å². The lowest BCUT2D eigenvalue weighted by Crippen LogP contribution is -2.55. The molecule has 2 aliphatic rings. The SMILES string of the molecule is CN(c1cnc(-c2cc3oc(C(F)(F)F)cc(=O)c3cc2O)nn1)[C@H]1CC2CCC(N2)[C@H]1F. The van der Waals surface area contributed by atoms with Gasteiger partial charge >= 0.3 is 6.18 Å². The van der Waals surface area contributed by atoms with Crippen LogP contribution in [0.3, 0.4) is 0 Å². The highest BCUT2D eigenvalue weighted by molar-refractivity contribution is 5.85. The molecule has 0 saturated carbocycles. The highest BCUT2D eigenvalue weighted by Gasteiger charge is 2.44. The molecule has 174 valence electrons. The molecule has 33 heavy (non-hydrogen) atoms. The van der Waals surface area contributed by atoms with Gasteiger partial charge in [-0.1, -0.05) is 0 Å². The fourth-order valence-corrected chi connectivity index (χ4v) is 4.58. The molecule has 2 aliphatic heterocycles. The van der Waals surface area contributed by atoms with E-state index in [0.29, 0.717) is 18.3 Å². The van der Waals surface area contributed by atoms with Gasteiger partial charge in [-0.3, -0.25) is 4.79 Å². The van der Waals surface area contributed by atoms with Crippen molar-refractivity contribution < 1.29 is 27.1 Å². The van der Waals surface area contributed by atoms with Gasteiger partial charge in [-0.25, -0.2) is 9.37 Å². The number of aromatic nitrogens is 3. The van der Waals surface area contributed by atoms with Crippen molar-refractivity contribution >= 4 is 16.8 Å². The molecule has 4 atom stereocenters. The molecule has 1 aromatic carbocycles. The van der Waals surface area contributed by atoms with Gasteiger partial charge in [0.2, 0.25) is 5.76 Å². The third kappa shape index (κ3) is 3.77. The topological polar surface area (TPSA) is 104 Å². The standard InChI is InChI=1S/C21H19F4N5O3/c1-30(13-4-9-2-3-12(27-9)19(13)22)18-8-26-20(29-28-18)11-6-16-10(5-14(11)31)15(32)7-17(33-16)21(23,24)25/h5-9,12-13,19,27,31H,2-4H2,1H3/t9?,12?,13-,19+/m0/s1. The molecule has 8 nitrogen and oxygen atoms in total. The minimum atomic E-state index is -4.85. The molecule has 2 aromatic heterocycles. The Bertz CT molecular complexity index is 1260. The van der Waals surface area contributed by atoms with Gasteiger partial charge in [0.15, 0.2) is 17.1 Å². The molecule has 0 aliphatic carbocycles. The average Bonchev–Trinajstić information content (AvgIpc) is 3.19. The van der Waals surface area contributed by atoms with E-state index in [0.717, 1.165) is 25.0 Å². The van der Waals surface area contributed by atoms with E-state index in [2.05, 4.69) is 20.5 Å². The molecule has 3 aromatic rings. The van der Waals surface area contributed by atoms with E-state index in [-0.39, 0.29) is 34.4 Å². The van der Waals surface area contributed by atoms with Gasteiger partial charge in [-0.15, -0.1) is 10.2 Å². The van der Waals surface area contributed by atoms with Gasteiger partial charge < -0.3 is 19.7 Å². The summed E-state index contributed by atoms with van der Waals surface area (Å²) in [6.07, 6.45) is -2.25. The number of alkyl halides is 4. The molecular formula is C21H19F4N5O3. The van der Waals surface area contributed by atoms with E-state index in [1.807, 2.05) is 0 Å². The number of benzene rings is 1. The first kappa shape index (κ1) is 21.6. The summed E-state index contributed by atoms with van der Waals surface area (Å²) in [6.45, 7) is 0. The Morgan fingerprint density at radius 3 is 2.70 bits per heavy atom. The summed E-state index contributed by atoms with van der Waals surface area (Å²) in [5.41, 5.74) is -1.38. The first-order valence-corrected chi connectivity index (χ1v) is 10.3. The number of fused-ring (bicyclic) bond motifs is 3. The lowest BCUT2D eigenvalue weighted by Gasteiger charge is -2.38. The summed E-state index contributed by atoms with van der Waals surface area (Å²) in [4.78, 5) is 17.9. The van der Waals surface area contributed by atoms with Gasteiger partial charge in [-0.05, 0) is 31.4 Å². The van der Waals surface area contributed by atoms with Crippen LogP contribution in [0.2, 0.25) is 0 Å². The fraction of sp³-hybridized carbons (Fsp3) is 0.429. The molecule has 0 amide bonds. The average molecular weight is 465 g/mol. The number of phenols is 1. The van der Waals surface area contributed by atoms with Gasteiger partial charge in [0, 0.05) is 25.2 Å². The smallest absolute Gasteiger partial charge is 0.449 e. The number of rotatable bonds is 3. The van der Waals surface area contributed by atoms with E-state index >= 15 is 0 Å². The molecular weight excluding hydrogens is 446 g/mol. The van der Waals surface area contributed by atoms with E-state index in [1.54, 1.807) is 11.9 Å². The number of hydrogen-bond acceptors (Lipinski definition) is 8. The quantitative estimate of drug-likeness (QED) is 0.569. The van der Waals surface area contributed by atoms with Gasteiger partial charge in [0.05, 0.1) is 23.2 Å². The van der Waals surface area contributed by atoms with Crippen LogP contribution < -0.4 is 15.6 Å². The molecule has 5 rings (SSSR count). The maximum absolute atomic E-state index is 14.8. The Morgan fingerprint density at radius 1 is 1.21 bits per heavy atom. The molecule has 2 fully saturated rings. The molecule has 2 saturated heterocycles. The van der Waals surface area contributed by atoms with Crippen molar-refractivity contribution in [3.05, 3.63) is 40.4 Å². The third-order valence-corrected chi connectivity index (χ3v) is 6.33. The van der Waals surface area contributed by atoms with Crippen LogP contribution in [0.5, 0.6) is 5.75 Å². The van der Waals surface area contributed by atoms with Crippen molar-refractivity contribution in [2.24, 2.45) is 0 Å². The van der Waals surface area contributed by atoms with E-state index < -0.39 is 35.3 Å². The van der Waals surface area contributed by atoms with Crippen molar-refractivity contribution in [1.82, 2.24) is 20.5 Å². The van der Waals surface area contributed by atoms with Gasteiger partial charge in [-0.2, -0.15) is 13.2 Å². The zero-order valence-electron chi connectivity index (χ0n) is 17.3. The van der Waals surface area contributed by atoms with Crippen LogP contribution in [0, 0.1) is 0 Å². The molecule has 2 bridgehead atoms. The summed E-state index contributed by atoms with van der Waals surface area (Å²) in [7, 11) is 1.70. The summed E-state index contributed by atoms with van der Waals surface area (Å²) >= 11 is 0. The number of piperidine rings is 1. The Balaban J connectivity index is 1.46. The highest BCUT2D eigenvalue weighted by Crippen LogP contribution is 2.35. The Labute approximate surface area is 184 Å². The second-order valence-electron chi connectivity index (χ2n) is 8.38. The summed E-state index contributed by atoms with van der Waals surface area (Å²) in [6, 6.07) is 2.05. The second-order valence-corrected chi connectivity index (χ2v) is 8.38. The zero-order chi connectivity index (χ0) is 23.5. The molecule has 4 heterocycles. The lowest BCUT2D eigenvalue weighted by atomic mass is 9.96. The number of anilines is 1. The Hall–Kier alpha value is -3.28. The van der Waals surface area contributed by atoms with Crippen molar-refractivity contribution in [2.75, 3.05) is 11.9 Å². The summed E-state index contributed by atoms with van der Waals surface area (Å²) in [5, 5.41) is 21.4. The first-order valence-electron chi connectivity index (χ1n) is 10.3.